The maximum atomic E-state index is 12.5. The number of nitrogens with zero attached hydrogens (tertiary/aromatic N) is 3. The average molecular weight is 358 g/mol. The number of rotatable bonds is 6. The van der Waals surface area contributed by atoms with E-state index < -0.39 is 0 Å². The zero-order chi connectivity index (χ0) is 17.8. The van der Waals surface area contributed by atoms with Crippen LogP contribution in [0.15, 0.2) is 48.5 Å². The lowest BCUT2D eigenvalue weighted by Crippen LogP contribution is -2.33. The summed E-state index contributed by atoms with van der Waals surface area (Å²) in [6, 6.07) is 15.0. The molecule has 0 fully saturated rings. The fraction of sp³-hybridized carbons (Fsp3) is 0.263. The Morgan fingerprint density at radius 2 is 1.92 bits per heavy atom. The number of imidazole rings is 1. The average Bonchev–Trinajstić information content (AvgIpc) is 2.92. The highest BCUT2D eigenvalue weighted by molar-refractivity contribution is 6.30. The summed E-state index contributed by atoms with van der Waals surface area (Å²) in [5, 5.41) is 0.669. The molecule has 0 bridgehead atoms. The van der Waals surface area contributed by atoms with E-state index in [2.05, 4.69) is 4.98 Å². The number of carbonyl (C=O) groups excluding carboxylic acids is 1. The lowest BCUT2D eigenvalue weighted by molar-refractivity contribution is -0.130. The number of halogens is 1. The number of aromatic nitrogens is 2. The third-order valence-electron chi connectivity index (χ3n) is 4.07. The zero-order valence-electron chi connectivity index (χ0n) is 14.3. The first-order valence-corrected chi connectivity index (χ1v) is 8.46. The van der Waals surface area contributed by atoms with Crippen LogP contribution >= 0.6 is 11.6 Å². The van der Waals surface area contributed by atoms with Gasteiger partial charge in [-0.05, 0) is 43.3 Å². The van der Waals surface area contributed by atoms with Gasteiger partial charge < -0.3 is 14.2 Å². The summed E-state index contributed by atoms with van der Waals surface area (Å²) in [7, 11) is 1.78. The molecule has 0 aliphatic rings. The fourth-order valence-corrected chi connectivity index (χ4v) is 2.73. The molecule has 0 atom stereocenters. The minimum Gasteiger partial charge on any atom is -0.492 e. The highest BCUT2D eigenvalue weighted by Gasteiger charge is 2.14. The predicted octanol–water partition coefficient (Wildman–Crippen LogP) is 3.54. The van der Waals surface area contributed by atoms with E-state index in [1.807, 2.05) is 47.9 Å². The van der Waals surface area contributed by atoms with Gasteiger partial charge in [0.05, 0.1) is 17.6 Å². The molecule has 0 N–H and O–H groups in total. The molecule has 0 unspecified atom stereocenters. The van der Waals surface area contributed by atoms with Crippen molar-refractivity contribution in [2.24, 2.45) is 0 Å². The smallest absolute Gasteiger partial charge is 0.242 e. The molecule has 1 amide bonds. The Labute approximate surface area is 151 Å². The van der Waals surface area contributed by atoms with Crippen LogP contribution in [0.25, 0.3) is 11.0 Å². The Bertz CT molecular complexity index is 874. The number of aryl methyl sites for hydroxylation is 1. The molecule has 3 aromatic rings. The normalized spacial score (nSPS) is 10.8. The minimum absolute atomic E-state index is 0.0194. The van der Waals surface area contributed by atoms with Gasteiger partial charge in [0, 0.05) is 12.1 Å². The van der Waals surface area contributed by atoms with Crippen molar-refractivity contribution < 1.29 is 9.53 Å². The Morgan fingerprint density at radius 1 is 1.20 bits per heavy atom. The third-order valence-corrected chi connectivity index (χ3v) is 4.33. The van der Waals surface area contributed by atoms with Gasteiger partial charge in [-0.3, -0.25) is 4.79 Å². The standard InChI is InChI=1S/C19H20ClN3O2/c1-14-21-17-5-3-4-6-18(17)23(14)13-19(24)22(2)11-12-25-16-9-7-15(20)8-10-16/h3-10H,11-13H2,1-2H3. The Balaban J connectivity index is 1.57. The zero-order valence-corrected chi connectivity index (χ0v) is 15.0. The molecule has 5 nitrogen and oxygen atoms in total. The van der Waals surface area contributed by atoms with Crippen LogP contribution in [0.5, 0.6) is 5.75 Å². The second kappa shape index (κ2) is 7.57. The van der Waals surface area contributed by atoms with E-state index >= 15 is 0 Å². The first kappa shape index (κ1) is 17.3. The maximum Gasteiger partial charge on any atom is 0.242 e. The summed E-state index contributed by atoms with van der Waals surface area (Å²) >= 11 is 5.84. The van der Waals surface area contributed by atoms with Crippen LogP contribution in [-0.4, -0.2) is 40.6 Å². The van der Waals surface area contributed by atoms with Crippen molar-refractivity contribution in [2.75, 3.05) is 20.2 Å². The second-order valence-electron chi connectivity index (χ2n) is 5.85. The number of hydrogen-bond acceptors (Lipinski definition) is 3. The van der Waals surface area contributed by atoms with Gasteiger partial charge >= 0.3 is 0 Å². The van der Waals surface area contributed by atoms with Crippen molar-refractivity contribution in [3.05, 3.63) is 59.4 Å². The van der Waals surface area contributed by atoms with Crippen molar-refractivity contribution in [1.82, 2.24) is 14.5 Å². The molecule has 3 rings (SSSR count). The van der Waals surface area contributed by atoms with E-state index in [1.165, 1.54) is 0 Å². The number of fused-ring (bicyclic) bond motifs is 1. The molecule has 25 heavy (non-hydrogen) atoms. The van der Waals surface area contributed by atoms with Gasteiger partial charge in [-0.25, -0.2) is 4.98 Å². The molecule has 0 radical (unpaired) electrons. The van der Waals surface area contributed by atoms with Crippen LogP contribution in [-0.2, 0) is 11.3 Å². The quantitative estimate of drug-likeness (QED) is 0.678. The predicted molar refractivity (Wildman–Crippen MR) is 99.1 cm³/mol. The lowest BCUT2D eigenvalue weighted by atomic mass is 10.3. The van der Waals surface area contributed by atoms with Crippen molar-refractivity contribution in [3.8, 4) is 5.75 Å². The minimum atomic E-state index is 0.0194. The van der Waals surface area contributed by atoms with E-state index in [1.54, 1.807) is 24.1 Å². The molecule has 0 spiro atoms. The molecular weight excluding hydrogens is 338 g/mol. The highest BCUT2D eigenvalue weighted by atomic mass is 35.5. The van der Waals surface area contributed by atoms with E-state index in [-0.39, 0.29) is 12.5 Å². The second-order valence-corrected chi connectivity index (χ2v) is 6.29. The molecule has 0 aliphatic carbocycles. The maximum absolute atomic E-state index is 12.5. The van der Waals surface area contributed by atoms with E-state index in [4.69, 9.17) is 16.3 Å². The van der Waals surface area contributed by atoms with Crippen LogP contribution in [0.2, 0.25) is 5.02 Å². The van der Waals surface area contributed by atoms with Gasteiger partial charge in [0.15, 0.2) is 0 Å². The number of amides is 1. The summed E-state index contributed by atoms with van der Waals surface area (Å²) < 4.78 is 7.58. The summed E-state index contributed by atoms with van der Waals surface area (Å²) in [5.74, 6) is 1.59. The van der Waals surface area contributed by atoms with Crippen LogP contribution in [0.4, 0.5) is 0 Å². The molecule has 1 aromatic heterocycles. The van der Waals surface area contributed by atoms with E-state index in [0.29, 0.717) is 18.2 Å². The van der Waals surface area contributed by atoms with Crippen LogP contribution < -0.4 is 4.74 Å². The first-order valence-electron chi connectivity index (χ1n) is 8.09. The summed E-state index contributed by atoms with van der Waals surface area (Å²) in [6.07, 6.45) is 0. The SMILES string of the molecule is Cc1nc2ccccc2n1CC(=O)N(C)CCOc1ccc(Cl)cc1. The summed E-state index contributed by atoms with van der Waals surface area (Å²) in [6.45, 7) is 3.11. The van der Waals surface area contributed by atoms with Gasteiger partial charge in [0.2, 0.25) is 5.91 Å². The van der Waals surface area contributed by atoms with Crippen LogP contribution in [0.3, 0.4) is 0 Å². The largest absolute Gasteiger partial charge is 0.492 e. The van der Waals surface area contributed by atoms with Crippen LogP contribution in [0, 0.1) is 6.92 Å². The van der Waals surface area contributed by atoms with Crippen LogP contribution in [0.1, 0.15) is 5.82 Å². The van der Waals surface area contributed by atoms with Gasteiger partial charge in [0.25, 0.3) is 0 Å². The van der Waals surface area contributed by atoms with Gasteiger partial charge in [-0.15, -0.1) is 0 Å². The molecule has 2 aromatic carbocycles. The monoisotopic (exact) mass is 357 g/mol. The number of benzene rings is 2. The van der Waals surface area contributed by atoms with Gasteiger partial charge in [-0.2, -0.15) is 0 Å². The Morgan fingerprint density at radius 3 is 2.68 bits per heavy atom. The molecule has 130 valence electrons. The molecule has 0 saturated carbocycles. The number of carbonyl (C=O) groups is 1. The lowest BCUT2D eigenvalue weighted by Gasteiger charge is -2.18. The molecule has 0 saturated heterocycles. The van der Waals surface area contributed by atoms with Crippen molar-refractivity contribution in [2.45, 2.75) is 13.5 Å². The number of para-hydroxylation sites is 2. The fourth-order valence-electron chi connectivity index (χ4n) is 2.61. The van der Waals surface area contributed by atoms with Crippen molar-refractivity contribution >= 4 is 28.5 Å². The third kappa shape index (κ3) is 4.12. The number of ether oxygens (including phenoxy) is 1. The van der Waals surface area contributed by atoms with Crippen molar-refractivity contribution in [3.63, 3.8) is 0 Å². The van der Waals surface area contributed by atoms with E-state index in [9.17, 15) is 4.79 Å². The Kier molecular flexibility index (Phi) is 5.24. The number of likely N-dealkylation sites (N-methyl/N-ethyl adjacent to an activating group) is 1. The summed E-state index contributed by atoms with van der Waals surface area (Å²) in [5.41, 5.74) is 1.88. The first-order chi connectivity index (χ1) is 12.0. The van der Waals surface area contributed by atoms with Gasteiger partial charge in [-0.1, -0.05) is 23.7 Å². The molecule has 0 aliphatic heterocycles. The topological polar surface area (TPSA) is 47.4 Å². The number of hydrogen-bond donors (Lipinski definition) is 0. The molecule has 6 heteroatoms. The molecule has 1 heterocycles. The Hall–Kier alpha value is -2.53. The highest BCUT2D eigenvalue weighted by Crippen LogP contribution is 2.16. The van der Waals surface area contributed by atoms with Gasteiger partial charge in [0.1, 0.15) is 24.7 Å². The summed E-state index contributed by atoms with van der Waals surface area (Å²) in [4.78, 5) is 18.7. The molecular formula is C19H20ClN3O2. The van der Waals surface area contributed by atoms with Crippen molar-refractivity contribution in [1.29, 1.82) is 0 Å². The van der Waals surface area contributed by atoms with E-state index in [0.717, 1.165) is 22.6 Å².